The zero-order chi connectivity index (χ0) is 11.7. The summed E-state index contributed by atoms with van der Waals surface area (Å²) in [5, 5.41) is 0. The highest BCUT2D eigenvalue weighted by molar-refractivity contribution is 5.07. The first kappa shape index (κ1) is 10.8. The molecule has 17 heavy (non-hydrogen) atoms. The van der Waals surface area contributed by atoms with Gasteiger partial charge in [0.1, 0.15) is 0 Å². The number of hydrogen-bond donors (Lipinski definition) is 1. The maximum atomic E-state index is 6.37. The molecule has 0 heterocycles. The molecule has 1 atom stereocenters. The van der Waals surface area contributed by atoms with Gasteiger partial charge < -0.3 is 5.73 Å². The number of nitrogens with two attached hydrogens (primary N) is 1. The molecule has 5 aliphatic carbocycles. The van der Waals surface area contributed by atoms with Crippen LogP contribution in [0.4, 0.5) is 0 Å². The second-order valence-corrected chi connectivity index (χ2v) is 8.25. The quantitative estimate of drug-likeness (QED) is 0.790. The van der Waals surface area contributed by atoms with Gasteiger partial charge in [0.25, 0.3) is 0 Å². The Balaban J connectivity index is 1.55. The standard InChI is InChI=1S/C16H27N/c1-11(7-16(17)2-3-16)15-8-12-4-13(9-15)6-14(5-12)10-15/h11-14H,2-10,17H2,1H3. The molecule has 0 aromatic rings. The first-order valence-corrected chi connectivity index (χ1v) is 7.86. The molecule has 1 heteroatoms. The van der Waals surface area contributed by atoms with Crippen LogP contribution in [0.15, 0.2) is 0 Å². The van der Waals surface area contributed by atoms with Crippen molar-refractivity contribution < 1.29 is 0 Å². The van der Waals surface area contributed by atoms with E-state index >= 15 is 0 Å². The Labute approximate surface area is 106 Å². The van der Waals surface area contributed by atoms with Crippen LogP contribution in [-0.4, -0.2) is 5.54 Å². The van der Waals surface area contributed by atoms with E-state index in [4.69, 9.17) is 5.73 Å². The van der Waals surface area contributed by atoms with Crippen molar-refractivity contribution in [1.29, 1.82) is 0 Å². The van der Waals surface area contributed by atoms with Gasteiger partial charge in [-0.1, -0.05) is 6.92 Å². The molecule has 1 unspecified atom stereocenters. The van der Waals surface area contributed by atoms with Gasteiger partial charge in [0, 0.05) is 5.54 Å². The average Bonchev–Trinajstić information content (AvgIpc) is 2.93. The molecule has 5 saturated carbocycles. The highest BCUT2D eigenvalue weighted by atomic mass is 14.8. The minimum atomic E-state index is 0.267. The summed E-state index contributed by atoms with van der Waals surface area (Å²) in [6.45, 7) is 2.53. The predicted octanol–water partition coefficient (Wildman–Crippen LogP) is 3.72. The molecular weight excluding hydrogens is 206 g/mol. The Morgan fingerprint density at radius 2 is 1.47 bits per heavy atom. The Bertz CT molecular complexity index is 293. The summed E-state index contributed by atoms with van der Waals surface area (Å²) in [4.78, 5) is 0. The van der Waals surface area contributed by atoms with Crippen LogP contribution in [0.2, 0.25) is 0 Å². The van der Waals surface area contributed by atoms with E-state index in [1.165, 1.54) is 19.3 Å². The maximum Gasteiger partial charge on any atom is 0.0158 e. The zero-order valence-corrected chi connectivity index (χ0v) is 11.3. The van der Waals surface area contributed by atoms with Crippen molar-refractivity contribution in [3.05, 3.63) is 0 Å². The fourth-order valence-electron chi connectivity index (χ4n) is 5.97. The fourth-order valence-corrected chi connectivity index (χ4v) is 5.97. The van der Waals surface area contributed by atoms with E-state index in [2.05, 4.69) is 6.92 Å². The van der Waals surface area contributed by atoms with Gasteiger partial charge >= 0.3 is 0 Å². The van der Waals surface area contributed by atoms with Crippen LogP contribution in [0, 0.1) is 29.1 Å². The molecule has 96 valence electrons. The first-order chi connectivity index (χ1) is 8.07. The molecule has 0 saturated heterocycles. The Morgan fingerprint density at radius 3 is 1.88 bits per heavy atom. The monoisotopic (exact) mass is 233 g/mol. The van der Waals surface area contributed by atoms with Gasteiger partial charge in [-0.3, -0.25) is 0 Å². The average molecular weight is 233 g/mol. The lowest BCUT2D eigenvalue weighted by Gasteiger charge is -2.59. The van der Waals surface area contributed by atoms with E-state index < -0.39 is 0 Å². The van der Waals surface area contributed by atoms with E-state index in [0.29, 0.717) is 0 Å². The van der Waals surface area contributed by atoms with Crippen LogP contribution >= 0.6 is 0 Å². The van der Waals surface area contributed by atoms with Crippen LogP contribution in [0.25, 0.3) is 0 Å². The van der Waals surface area contributed by atoms with Gasteiger partial charge in [-0.25, -0.2) is 0 Å². The number of hydrogen-bond acceptors (Lipinski definition) is 1. The zero-order valence-electron chi connectivity index (χ0n) is 11.3. The summed E-state index contributed by atoms with van der Waals surface area (Å²) < 4.78 is 0. The van der Waals surface area contributed by atoms with E-state index in [1.54, 1.807) is 38.5 Å². The van der Waals surface area contributed by atoms with Crippen LogP contribution < -0.4 is 5.73 Å². The lowest BCUT2D eigenvalue weighted by atomic mass is 9.46. The molecule has 4 bridgehead atoms. The van der Waals surface area contributed by atoms with Gasteiger partial charge in [-0.2, -0.15) is 0 Å². The van der Waals surface area contributed by atoms with Crippen molar-refractivity contribution in [2.45, 2.75) is 70.3 Å². The van der Waals surface area contributed by atoms with Crippen LogP contribution in [0.5, 0.6) is 0 Å². The Morgan fingerprint density at radius 1 is 1.00 bits per heavy atom. The lowest BCUT2D eigenvalue weighted by molar-refractivity contribution is -0.0864. The van der Waals surface area contributed by atoms with Gasteiger partial charge in [0.15, 0.2) is 0 Å². The summed E-state index contributed by atoms with van der Waals surface area (Å²) in [7, 11) is 0. The summed E-state index contributed by atoms with van der Waals surface area (Å²) in [6, 6.07) is 0. The summed E-state index contributed by atoms with van der Waals surface area (Å²) in [5.41, 5.74) is 7.36. The van der Waals surface area contributed by atoms with Gasteiger partial charge in [0.05, 0.1) is 0 Å². The second kappa shape index (κ2) is 3.29. The largest absolute Gasteiger partial charge is 0.325 e. The summed E-state index contributed by atoms with van der Waals surface area (Å²) in [5.74, 6) is 4.17. The predicted molar refractivity (Wildman–Crippen MR) is 70.5 cm³/mol. The molecule has 0 radical (unpaired) electrons. The third-order valence-electron chi connectivity index (χ3n) is 6.74. The van der Waals surface area contributed by atoms with Crippen LogP contribution in [0.3, 0.4) is 0 Å². The molecule has 0 spiro atoms. The molecular formula is C16H27N. The molecule has 5 rings (SSSR count). The Hall–Kier alpha value is -0.0400. The smallest absolute Gasteiger partial charge is 0.0158 e. The van der Waals surface area contributed by atoms with Gasteiger partial charge in [-0.15, -0.1) is 0 Å². The molecule has 0 aromatic heterocycles. The van der Waals surface area contributed by atoms with Crippen molar-refractivity contribution in [3.8, 4) is 0 Å². The van der Waals surface area contributed by atoms with E-state index in [9.17, 15) is 0 Å². The lowest BCUT2D eigenvalue weighted by Crippen LogP contribution is -2.50. The fraction of sp³-hybridized carbons (Fsp3) is 1.00. The van der Waals surface area contributed by atoms with E-state index in [1.807, 2.05) is 0 Å². The molecule has 2 N–H and O–H groups in total. The second-order valence-electron chi connectivity index (χ2n) is 8.25. The van der Waals surface area contributed by atoms with Crippen molar-refractivity contribution >= 4 is 0 Å². The van der Waals surface area contributed by atoms with E-state index in [-0.39, 0.29) is 5.54 Å². The molecule has 5 aliphatic rings. The highest BCUT2D eigenvalue weighted by Gasteiger charge is 2.54. The number of rotatable bonds is 3. The molecule has 0 aliphatic heterocycles. The van der Waals surface area contributed by atoms with E-state index in [0.717, 1.165) is 29.1 Å². The normalized spacial score (nSPS) is 51.5. The molecule has 1 nitrogen and oxygen atoms in total. The first-order valence-electron chi connectivity index (χ1n) is 7.86. The van der Waals surface area contributed by atoms with Crippen LogP contribution in [-0.2, 0) is 0 Å². The minimum Gasteiger partial charge on any atom is -0.325 e. The van der Waals surface area contributed by atoms with Gasteiger partial charge in [0.2, 0.25) is 0 Å². The van der Waals surface area contributed by atoms with Crippen molar-refractivity contribution in [2.75, 3.05) is 0 Å². The topological polar surface area (TPSA) is 26.0 Å². The van der Waals surface area contributed by atoms with Gasteiger partial charge in [-0.05, 0) is 86.9 Å². The molecule has 0 amide bonds. The van der Waals surface area contributed by atoms with Crippen molar-refractivity contribution in [1.82, 2.24) is 0 Å². The third-order valence-corrected chi connectivity index (χ3v) is 6.74. The highest BCUT2D eigenvalue weighted by Crippen LogP contribution is 2.64. The minimum absolute atomic E-state index is 0.267. The maximum absolute atomic E-state index is 6.37. The summed E-state index contributed by atoms with van der Waals surface area (Å²) >= 11 is 0. The van der Waals surface area contributed by atoms with Crippen molar-refractivity contribution in [2.24, 2.45) is 34.8 Å². The summed E-state index contributed by atoms with van der Waals surface area (Å²) in [6.07, 6.45) is 13.3. The SMILES string of the molecule is CC(CC1(N)CC1)C12CC3CC(CC(C3)C1)C2. The van der Waals surface area contributed by atoms with Crippen molar-refractivity contribution in [3.63, 3.8) is 0 Å². The molecule has 0 aromatic carbocycles. The third kappa shape index (κ3) is 1.69. The van der Waals surface area contributed by atoms with Crippen LogP contribution in [0.1, 0.15) is 64.7 Å². The Kier molecular flexibility index (Phi) is 2.10. The molecule has 5 fully saturated rings.